The molecule has 0 radical (unpaired) electrons. The predicted molar refractivity (Wildman–Crippen MR) is 174 cm³/mol. The Balaban J connectivity index is 1.27. The van der Waals surface area contributed by atoms with Crippen LogP contribution in [0.1, 0.15) is 57.4 Å². The number of fused-ring (bicyclic) bond motifs is 5. The van der Waals surface area contributed by atoms with Gasteiger partial charge in [0.2, 0.25) is 0 Å². The smallest absolute Gasteiger partial charge is 0.490 e. The zero-order valence-electron chi connectivity index (χ0n) is 27.7. The fourth-order valence-corrected chi connectivity index (χ4v) is 8.93. The molecular weight excluding hydrogens is 680 g/mol. The average molecular weight is 716 g/mol. The molecule has 2 bridgehead atoms. The number of aromatic nitrogens is 3. The highest BCUT2D eigenvalue weighted by Gasteiger charge is 2.51. The minimum atomic E-state index is -5.17. The largest absolute Gasteiger partial charge is 0.508 e. The second-order valence-corrected chi connectivity index (χ2v) is 14.1. The van der Waals surface area contributed by atoms with Crippen LogP contribution in [0.4, 0.5) is 32.2 Å². The van der Waals surface area contributed by atoms with Crippen molar-refractivity contribution in [3.05, 3.63) is 47.7 Å². The van der Waals surface area contributed by atoms with Crippen molar-refractivity contribution in [3.63, 3.8) is 0 Å². The highest BCUT2D eigenvalue weighted by atomic mass is 19.4. The lowest BCUT2D eigenvalue weighted by molar-refractivity contribution is -0.206. The lowest BCUT2D eigenvalue weighted by Gasteiger charge is -2.40. The molecule has 0 aliphatic carbocycles. The molecule has 2 aromatic carbocycles. The van der Waals surface area contributed by atoms with Gasteiger partial charge in [0.1, 0.15) is 47.5 Å². The number of aromatic hydroxyl groups is 1. The molecule has 270 valence electrons. The molecule has 4 fully saturated rings. The van der Waals surface area contributed by atoms with Crippen molar-refractivity contribution in [1.82, 2.24) is 19.9 Å². The first-order chi connectivity index (χ1) is 24.4. The fraction of sp³-hybridized carbons (Fsp3) is 0.500. The molecule has 5 atom stereocenters. The van der Waals surface area contributed by atoms with Crippen molar-refractivity contribution in [2.75, 3.05) is 24.6 Å². The molecule has 0 amide bonds. The fourth-order valence-electron chi connectivity index (χ4n) is 8.93. The van der Waals surface area contributed by atoms with E-state index in [0.29, 0.717) is 48.6 Å². The number of hydrogen-bond donors (Lipinski definition) is 1. The summed E-state index contributed by atoms with van der Waals surface area (Å²) in [6.07, 6.45) is -2.30. The number of esters is 1. The van der Waals surface area contributed by atoms with Crippen LogP contribution in [-0.4, -0.2) is 86.7 Å². The van der Waals surface area contributed by atoms with Gasteiger partial charge in [0.25, 0.3) is 0 Å². The van der Waals surface area contributed by atoms with Crippen LogP contribution in [0.5, 0.6) is 11.8 Å². The Morgan fingerprint density at radius 3 is 2.71 bits per heavy atom. The van der Waals surface area contributed by atoms with Crippen LogP contribution in [0.15, 0.2) is 30.5 Å². The molecule has 8 rings (SSSR count). The SMILES string of the molecule is CCc1c(F)ccc2cc(O)cc(-c3ncc4c(N5C6CCC(OC(=O)C(F)(F)F)C5CC6)nc(OC[C@@]56CCCN5C[C@H](F)C6)nc4c3F)c12. The van der Waals surface area contributed by atoms with Gasteiger partial charge < -0.3 is 19.5 Å². The van der Waals surface area contributed by atoms with Gasteiger partial charge >= 0.3 is 18.2 Å². The van der Waals surface area contributed by atoms with Gasteiger partial charge in [-0.2, -0.15) is 23.1 Å². The van der Waals surface area contributed by atoms with Crippen LogP contribution in [0, 0.1) is 11.6 Å². The number of pyridine rings is 1. The number of alkyl halides is 4. The van der Waals surface area contributed by atoms with E-state index in [1.165, 1.54) is 30.5 Å². The Hall–Kier alpha value is -4.40. The number of carbonyl (C=O) groups excluding carboxylic acids is 1. The summed E-state index contributed by atoms with van der Waals surface area (Å²) in [4.78, 5) is 29.3. The van der Waals surface area contributed by atoms with Gasteiger partial charge in [-0.15, -0.1) is 0 Å². The number of carbonyl (C=O) groups is 1. The van der Waals surface area contributed by atoms with Crippen LogP contribution in [0.25, 0.3) is 32.9 Å². The zero-order chi connectivity index (χ0) is 35.8. The van der Waals surface area contributed by atoms with Crippen molar-refractivity contribution < 1.29 is 45.7 Å². The summed E-state index contributed by atoms with van der Waals surface area (Å²) in [7, 11) is 0. The molecule has 51 heavy (non-hydrogen) atoms. The molecule has 4 aliphatic heterocycles. The average Bonchev–Trinajstić information content (AvgIpc) is 3.72. The van der Waals surface area contributed by atoms with Gasteiger partial charge in [0, 0.05) is 30.8 Å². The minimum Gasteiger partial charge on any atom is -0.508 e. The van der Waals surface area contributed by atoms with Crippen molar-refractivity contribution in [3.8, 4) is 23.0 Å². The molecule has 2 aromatic heterocycles. The summed E-state index contributed by atoms with van der Waals surface area (Å²) < 4.78 is 97.5. The second-order valence-electron chi connectivity index (χ2n) is 14.1. The number of anilines is 1. The van der Waals surface area contributed by atoms with Gasteiger partial charge in [-0.3, -0.25) is 9.88 Å². The quantitative estimate of drug-likeness (QED) is 0.161. The number of rotatable bonds is 7. The summed E-state index contributed by atoms with van der Waals surface area (Å²) in [6.45, 7) is 2.79. The molecule has 9 nitrogen and oxygen atoms in total. The maximum absolute atomic E-state index is 17.0. The molecule has 4 saturated heterocycles. The van der Waals surface area contributed by atoms with Gasteiger partial charge in [0.15, 0.2) is 5.82 Å². The van der Waals surface area contributed by atoms with E-state index >= 15 is 8.78 Å². The molecular formula is C36H35F6N5O4. The maximum atomic E-state index is 17.0. The Kier molecular flexibility index (Phi) is 8.19. The Morgan fingerprint density at radius 2 is 1.92 bits per heavy atom. The normalized spacial score (nSPS) is 26.3. The second kappa shape index (κ2) is 12.4. The van der Waals surface area contributed by atoms with Gasteiger partial charge in [-0.05, 0) is 86.0 Å². The lowest BCUT2D eigenvalue weighted by atomic mass is 9.94. The first-order valence-corrected chi connectivity index (χ1v) is 17.3. The van der Waals surface area contributed by atoms with E-state index in [1.807, 2.05) is 4.90 Å². The number of aryl methyl sites for hydroxylation is 1. The monoisotopic (exact) mass is 715 g/mol. The summed E-state index contributed by atoms with van der Waals surface area (Å²) in [5.41, 5.74) is -0.559. The third-order valence-corrected chi connectivity index (χ3v) is 11.1. The van der Waals surface area contributed by atoms with E-state index < -0.39 is 47.6 Å². The lowest BCUT2D eigenvalue weighted by Crippen LogP contribution is -2.50. The van der Waals surface area contributed by atoms with Crippen LogP contribution in [0.3, 0.4) is 0 Å². The molecule has 15 heteroatoms. The molecule has 1 N–H and O–H groups in total. The van der Waals surface area contributed by atoms with Crippen molar-refractivity contribution in [1.29, 1.82) is 0 Å². The molecule has 3 unspecified atom stereocenters. The zero-order valence-corrected chi connectivity index (χ0v) is 27.7. The number of nitrogens with zero attached hydrogens (tertiary/aromatic N) is 5. The highest BCUT2D eigenvalue weighted by Crippen LogP contribution is 2.45. The first kappa shape index (κ1) is 33.7. The predicted octanol–water partition coefficient (Wildman–Crippen LogP) is 6.95. The van der Waals surface area contributed by atoms with E-state index in [4.69, 9.17) is 9.47 Å². The number of hydrogen-bond acceptors (Lipinski definition) is 9. The number of benzene rings is 2. The van der Waals surface area contributed by atoms with Gasteiger partial charge in [-0.1, -0.05) is 13.0 Å². The number of phenolic OH excluding ortho intramolecular Hbond substituents is 1. The third-order valence-electron chi connectivity index (χ3n) is 11.1. The molecule has 6 heterocycles. The van der Waals surface area contributed by atoms with Gasteiger partial charge in [-0.25, -0.2) is 18.0 Å². The third kappa shape index (κ3) is 5.67. The first-order valence-electron chi connectivity index (χ1n) is 17.3. The minimum absolute atomic E-state index is 0.0347. The summed E-state index contributed by atoms with van der Waals surface area (Å²) in [6, 6.07) is 4.41. The van der Waals surface area contributed by atoms with Crippen molar-refractivity contribution in [2.45, 2.75) is 94.4 Å². The summed E-state index contributed by atoms with van der Waals surface area (Å²) in [5.74, 6) is -3.72. The molecule has 0 spiro atoms. The van der Waals surface area contributed by atoms with Crippen LogP contribution in [0.2, 0.25) is 0 Å². The van der Waals surface area contributed by atoms with Crippen molar-refractivity contribution >= 4 is 33.5 Å². The standard InChI is InChI=1S/C36H35F6N5O4/c1-2-22-25(38)7-4-18-12-21(48)13-23(28(18)22)30-29(39)31-24(15-43-30)32(45-34(44-31)50-17-35-10-3-11-46(35)16-19(37)14-35)47-20-5-8-26(47)27(9-6-20)51-33(49)36(40,41)42/h4,7,12-13,15,19-20,26-27,48H,2-3,5-6,8-11,14,16-17H2,1H3/t19-,20?,26?,27?,35+/m1/s1. The van der Waals surface area contributed by atoms with E-state index in [2.05, 4.69) is 15.0 Å². The highest BCUT2D eigenvalue weighted by molar-refractivity contribution is 6.01. The Bertz CT molecular complexity index is 2050. The topological polar surface area (TPSA) is 101 Å². The summed E-state index contributed by atoms with van der Waals surface area (Å²) >= 11 is 0. The van der Waals surface area contributed by atoms with Gasteiger partial charge in [0.05, 0.1) is 17.0 Å². The van der Waals surface area contributed by atoms with E-state index in [-0.39, 0.29) is 78.2 Å². The molecule has 4 aliphatic rings. The van der Waals surface area contributed by atoms with Crippen LogP contribution >= 0.6 is 0 Å². The maximum Gasteiger partial charge on any atom is 0.490 e. The van der Waals surface area contributed by atoms with Crippen LogP contribution < -0.4 is 9.64 Å². The summed E-state index contributed by atoms with van der Waals surface area (Å²) in [5, 5.41) is 11.6. The Labute approximate surface area is 288 Å². The van der Waals surface area contributed by atoms with E-state index in [0.717, 1.165) is 6.42 Å². The number of halogens is 6. The number of piperidine rings is 1. The van der Waals surface area contributed by atoms with E-state index in [1.54, 1.807) is 11.8 Å². The molecule has 4 aromatic rings. The molecule has 0 saturated carbocycles. The van der Waals surface area contributed by atoms with Crippen LogP contribution in [-0.2, 0) is 16.0 Å². The Morgan fingerprint density at radius 1 is 1.12 bits per heavy atom. The number of phenols is 1. The number of ether oxygens (including phenoxy) is 2. The van der Waals surface area contributed by atoms with E-state index in [9.17, 15) is 27.5 Å². The van der Waals surface area contributed by atoms with Crippen molar-refractivity contribution in [2.24, 2.45) is 0 Å².